The fourth-order valence-electron chi connectivity index (χ4n) is 2.67. The van der Waals surface area contributed by atoms with Gasteiger partial charge < -0.3 is 10.4 Å². The van der Waals surface area contributed by atoms with E-state index in [0.717, 1.165) is 18.5 Å². The maximum absolute atomic E-state index is 10.7. The van der Waals surface area contributed by atoms with E-state index in [0.29, 0.717) is 12.4 Å². The van der Waals surface area contributed by atoms with Crippen LogP contribution in [0.4, 0.5) is 5.82 Å². The fraction of sp³-hybridized carbons (Fsp3) is 0.429. The third-order valence-corrected chi connectivity index (χ3v) is 3.76. The molecule has 0 atom stereocenters. The highest BCUT2D eigenvalue weighted by Gasteiger charge is 2.18. The van der Waals surface area contributed by atoms with Crippen molar-refractivity contribution in [3.8, 4) is 0 Å². The van der Waals surface area contributed by atoms with Crippen molar-refractivity contribution in [3.05, 3.63) is 35.0 Å². The Balaban J connectivity index is 1.73. The molecular weight excluding hydrogens is 270 g/mol. The molecule has 2 aromatic heterocycles. The lowest BCUT2D eigenvalue weighted by Crippen LogP contribution is -2.10. The summed E-state index contributed by atoms with van der Waals surface area (Å²) in [5, 5.41) is 16.5. The number of nitrogens with zero attached hydrogens (tertiary/aromatic N) is 4. The number of fused-ring (bicyclic) bond motifs is 1. The third-order valence-electron chi connectivity index (χ3n) is 3.76. The van der Waals surface area contributed by atoms with Crippen molar-refractivity contribution in [2.45, 2.75) is 32.2 Å². The fourth-order valence-corrected chi connectivity index (χ4v) is 2.67. The first kappa shape index (κ1) is 13.5. The summed E-state index contributed by atoms with van der Waals surface area (Å²) in [6.45, 7) is 0.611. The third kappa shape index (κ3) is 2.72. The number of rotatable bonds is 4. The van der Waals surface area contributed by atoms with E-state index in [1.165, 1.54) is 36.5 Å². The molecule has 0 aromatic carbocycles. The second-order valence-corrected chi connectivity index (χ2v) is 5.15. The van der Waals surface area contributed by atoms with Gasteiger partial charge in [-0.3, -0.25) is 4.68 Å². The average molecular weight is 287 g/mol. The molecule has 3 rings (SSSR count). The number of aromatic nitrogens is 4. The molecule has 0 saturated carbocycles. The number of hydrogen-bond acceptors (Lipinski definition) is 5. The van der Waals surface area contributed by atoms with E-state index in [2.05, 4.69) is 20.4 Å². The van der Waals surface area contributed by atoms with Crippen LogP contribution in [-0.4, -0.2) is 30.8 Å². The van der Waals surface area contributed by atoms with Gasteiger partial charge in [0, 0.05) is 7.05 Å². The highest BCUT2D eigenvalue weighted by molar-refractivity contribution is 5.84. The zero-order valence-corrected chi connectivity index (χ0v) is 11.8. The number of carboxylic acids is 1. The average Bonchev–Trinajstić information content (AvgIpc) is 2.81. The van der Waals surface area contributed by atoms with Crippen molar-refractivity contribution < 1.29 is 9.90 Å². The number of hydrogen-bond donors (Lipinski definition) is 2. The summed E-state index contributed by atoms with van der Waals surface area (Å²) in [5.74, 6) is -0.513. The Morgan fingerprint density at radius 2 is 2.14 bits per heavy atom. The van der Waals surface area contributed by atoms with E-state index >= 15 is 0 Å². The van der Waals surface area contributed by atoms with Gasteiger partial charge in [-0.25, -0.2) is 14.8 Å². The summed E-state index contributed by atoms with van der Waals surface area (Å²) in [6, 6.07) is 0. The van der Waals surface area contributed by atoms with Crippen LogP contribution >= 0.6 is 0 Å². The van der Waals surface area contributed by atoms with Crippen LogP contribution in [0, 0.1) is 0 Å². The monoisotopic (exact) mass is 287 g/mol. The molecular formula is C14H17N5O2. The standard InChI is InChI=1S/C14H17N5O2/c1-19-12(9-4-2-3-5-10(9)18-19)7-17-13-8-15-11(6-16-13)14(20)21/h6,8H,2-5,7H2,1H3,(H,16,17)(H,20,21). The Hall–Kier alpha value is -2.44. The quantitative estimate of drug-likeness (QED) is 0.883. The van der Waals surface area contributed by atoms with Gasteiger partial charge in [0.05, 0.1) is 30.3 Å². The van der Waals surface area contributed by atoms with Crippen LogP contribution in [0.5, 0.6) is 0 Å². The van der Waals surface area contributed by atoms with E-state index < -0.39 is 5.97 Å². The van der Waals surface area contributed by atoms with Gasteiger partial charge in [0.25, 0.3) is 0 Å². The summed E-state index contributed by atoms with van der Waals surface area (Å²) in [5.41, 5.74) is 3.64. The van der Waals surface area contributed by atoms with Gasteiger partial charge in [0.1, 0.15) is 5.82 Å². The Morgan fingerprint density at radius 1 is 1.33 bits per heavy atom. The summed E-state index contributed by atoms with van der Waals surface area (Å²) < 4.78 is 1.92. The second-order valence-electron chi connectivity index (χ2n) is 5.15. The van der Waals surface area contributed by atoms with Gasteiger partial charge in [-0.05, 0) is 31.2 Å². The number of carboxylic acid groups (broad SMARTS) is 1. The number of aromatic carboxylic acids is 1. The molecule has 0 amide bonds. The van der Waals surface area contributed by atoms with Crippen molar-refractivity contribution in [2.75, 3.05) is 5.32 Å². The maximum Gasteiger partial charge on any atom is 0.356 e. The van der Waals surface area contributed by atoms with E-state index in [9.17, 15) is 4.79 Å². The molecule has 0 unspecified atom stereocenters. The maximum atomic E-state index is 10.7. The molecule has 110 valence electrons. The topological polar surface area (TPSA) is 92.9 Å². The zero-order chi connectivity index (χ0) is 14.8. The number of aryl methyl sites for hydroxylation is 2. The number of carbonyl (C=O) groups is 1. The predicted octanol–water partition coefficient (Wildman–Crippen LogP) is 1.40. The van der Waals surface area contributed by atoms with Crippen molar-refractivity contribution in [1.82, 2.24) is 19.7 Å². The lowest BCUT2D eigenvalue weighted by Gasteiger charge is -2.12. The van der Waals surface area contributed by atoms with Crippen LogP contribution in [0.15, 0.2) is 12.4 Å². The predicted molar refractivity (Wildman–Crippen MR) is 76.2 cm³/mol. The molecule has 2 N–H and O–H groups in total. The van der Waals surface area contributed by atoms with Crippen LogP contribution in [0.1, 0.15) is 40.3 Å². The molecule has 1 aliphatic carbocycles. The Labute approximate surface area is 122 Å². The van der Waals surface area contributed by atoms with Gasteiger partial charge in [0.15, 0.2) is 5.69 Å². The van der Waals surface area contributed by atoms with Crippen LogP contribution in [-0.2, 0) is 26.4 Å². The first-order valence-electron chi connectivity index (χ1n) is 6.98. The molecule has 7 heteroatoms. The zero-order valence-electron chi connectivity index (χ0n) is 11.8. The van der Waals surface area contributed by atoms with Crippen LogP contribution < -0.4 is 5.32 Å². The van der Waals surface area contributed by atoms with E-state index in [1.54, 1.807) is 0 Å². The molecule has 7 nitrogen and oxygen atoms in total. The smallest absolute Gasteiger partial charge is 0.356 e. The Kier molecular flexibility index (Phi) is 3.55. The second kappa shape index (κ2) is 5.51. The lowest BCUT2D eigenvalue weighted by atomic mass is 9.96. The summed E-state index contributed by atoms with van der Waals surface area (Å²) in [6.07, 6.45) is 7.23. The molecule has 1 aliphatic rings. The summed E-state index contributed by atoms with van der Waals surface area (Å²) in [4.78, 5) is 18.6. The van der Waals surface area contributed by atoms with Gasteiger partial charge >= 0.3 is 5.97 Å². The van der Waals surface area contributed by atoms with Crippen molar-refractivity contribution in [2.24, 2.45) is 7.05 Å². The van der Waals surface area contributed by atoms with Crippen LogP contribution in [0.2, 0.25) is 0 Å². The largest absolute Gasteiger partial charge is 0.476 e. The molecule has 0 radical (unpaired) electrons. The van der Waals surface area contributed by atoms with E-state index in [-0.39, 0.29) is 5.69 Å². The molecule has 2 aromatic rings. The minimum atomic E-state index is -1.07. The Bertz CT molecular complexity index is 663. The minimum Gasteiger partial charge on any atom is -0.476 e. The van der Waals surface area contributed by atoms with Crippen molar-refractivity contribution in [3.63, 3.8) is 0 Å². The van der Waals surface area contributed by atoms with Crippen LogP contribution in [0.3, 0.4) is 0 Å². The molecule has 21 heavy (non-hydrogen) atoms. The summed E-state index contributed by atoms with van der Waals surface area (Å²) in [7, 11) is 1.95. The number of anilines is 1. The van der Waals surface area contributed by atoms with Gasteiger partial charge in [-0.15, -0.1) is 0 Å². The first-order valence-corrected chi connectivity index (χ1v) is 6.98. The van der Waals surface area contributed by atoms with E-state index in [1.807, 2.05) is 11.7 Å². The molecule has 0 bridgehead atoms. The first-order chi connectivity index (χ1) is 10.1. The lowest BCUT2D eigenvalue weighted by molar-refractivity contribution is 0.0690. The molecule has 0 spiro atoms. The minimum absolute atomic E-state index is 0.0570. The summed E-state index contributed by atoms with van der Waals surface area (Å²) >= 11 is 0. The molecule has 0 fully saturated rings. The van der Waals surface area contributed by atoms with Crippen molar-refractivity contribution in [1.29, 1.82) is 0 Å². The molecule has 2 heterocycles. The normalized spacial score (nSPS) is 13.8. The van der Waals surface area contributed by atoms with Gasteiger partial charge in [0.2, 0.25) is 0 Å². The highest BCUT2D eigenvalue weighted by atomic mass is 16.4. The Morgan fingerprint density at radius 3 is 2.86 bits per heavy atom. The van der Waals surface area contributed by atoms with E-state index in [4.69, 9.17) is 5.11 Å². The number of nitrogens with one attached hydrogen (secondary N) is 1. The molecule has 0 aliphatic heterocycles. The molecule has 0 saturated heterocycles. The van der Waals surface area contributed by atoms with Crippen molar-refractivity contribution >= 4 is 11.8 Å². The van der Waals surface area contributed by atoms with Gasteiger partial charge in [-0.2, -0.15) is 5.10 Å². The van der Waals surface area contributed by atoms with Crippen LogP contribution in [0.25, 0.3) is 0 Å². The van der Waals surface area contributed by atoms with Gasteiger partial charge in [-0.1, -0.05) is 0 Å². The SMILES string of the molecule is Cn1nc2c(c1CNc1cnc(C(=O)O)cn1)CCCC2. The highest BCUT2D eigenvalue weighted by Crippen LogP contribution is 2.24.